The van der Waals surface area contributed by atoms with Crippen LogP contribution in [0.25, 0.3) is 11.2 Å². The van der Waals surface area contributed by atoms with Crippen molar-refractivity contribution in [3.63, 3.8) is 0 Å². The molecule has 9 heteroatoms. The molecule has 1 aliphatic heterocycles. The maximum absolute atomic E-state index is 13.1. The third-order valence-electron chi connectivity index (χ3n) is 8.84. The van der Waals surface area contributed by atoms with Crippen LogP contribution in [0.2, 0.25) is 0 Å². The van der Waals surface area contributed by atoms with Gasteiger partial charge in [-0.3, -0.25) is 10.1 Å². The predicted molar refractivity (Wildman–Crippen MR) is 159 cm³/mol. The van der Waals surface area contributed by atoms with Gasteiger partial charge in [0.15, 0.2) is 17.0 Å². The summed E-state index contributed by atoms with van der Waals surface area (Å²) in [6.07, 6.45) is 10.8. The first-order valence-corrected chi connectivity index (χ1v) is 15.4. The van der Waals surface area contributed by atoms with Gasteiger partial charge in [0.1, 0.15) is 21.8 Å². The first-order chi connectivity index (χ1) is 19.3. The zero-order valence-electron chi connectivity index (χ0n) is 23.4. The predicted octanol–water partition coefficient (Wildman–Crippen LogP) is 5.98. The lowest BCUT2D eigenvalue weighted by Crippen LogP contribution is -2.36. The van der Waals surface area contributed by atoms with E-state index in [-0.39, 0.29) is 10.2 Å². The van der Waals surface area contributed by atoms with Crippen molar-refractivity contribution in [3.05, 3.63) is 71.3 Å². The van der Waals surface area contributed by atoms with Gasteiger partial charge in [0, 0.05) is 35.8 Å². The van der Waals surface area contributed by atoms with Gasteiger partial charge in [-0.05, 0) is 83.4 Å². The molecular formula is C31H35N7OS. The molecule has 8 nitrogen and oxygen atoms in total. The number of hydrogen-bond acceptors (Lipinski definition) is 7. The summed E-state index contributed by atoms with van der Waals surface area (Å²) in [5, 5.41) is 7.81. The minimum atomic E-state index is -1.29. The van der Waals surface area contributed by atoms with E-state index in [0.717, 1.165) is 91.3 Å². The molecule has 2 aliphatic carbocycles. The second kappa shape index (κ2) is 9.66. The van der Waals surface area contributed by atoms with Crippen LogP contribution in [0.1, 0.15) is 81.3 Å². The molecule has 0 saturated heterocycles. The Labute approximate surface area is 238 Å². The summed E-state index contributed by atoms with van der Waals surface area (Å²) in [5.74, 6) is 1.15. The summed E-state index contributed by atoms with van der Waals surface area (Å²) in [6, 6.07) is 12.6. The molecular weight excluding hydrogens is 518 g/mol. The Hall–Kier alpha value is -3.30. The standard InChI is InChI=1S/C31H35N7OS/c1-30(2,3)40(39)37-27-22-9-5-4-8-21(22)18-31(27)14-12-20(13-15-31)24-19-33-26-28(34-24)35-36-29(26)38-17-7-10-23-25(38)11-6-16-32-23/h4-6,8-9,11,16,19-20H,7,10,12-15,17-18H2,1-3H3,(H,34,35,36)/b37-27+/t20-,31-,40-/m1/s1. The maximum atomic E-state index is 13.1. The lowest BCUT2D eigenvalue weighted by Gasteiger charge is -2.37. The van der Waals surface area contributed by atoms with Crippen molar-refractivity contribution in [2.75, 3.05) is 11.4 Å². The molecule has 1 fully saturated rings. The molecule has 7 rings (SSSR count). The summed E-state index contributed by atoms with van der Waals surface area (Å²) in [4.78, 5) is 16.7. The Balaban J connectivity index is 1.14. The smallest absolute Gasteiger partial charge is 0.183 e. The zero-order chi connectivity index (χ0) is 27.5. The van der Waals surface area contributed by atoms with Crippen LogP contribution in [0.15, 0.2) is 53.2 Å². The largest absolute Gasteiger partial charge is 0.591 e. The van der Waals surface area contributed by atoms with E-state index in [1.54, 1.807) is 0 Å². The highest BCUT2D eigenvalue weighted by molar-refractivity contribution is 7.91. The highest BCUT2D eigenvalue weighted by Gasteiger charge is 2.48. The maximum Gasteiger partial charge on any atom is 0.183 e. The number of anilines is 2. The second-order valence-electron chi connectivity index (χ2n) is 12.5. The normalized spacial score (nSPS) is 24.4. The van der Waals surface area contributed by atoms with Crippen molar-refractivity contribution < 1.29 is 4.55 Å². The van der Waals surface area contributed by atoms with Gasteiger partial charge in [-0.1, -0.05) is 28.7 Å². The Bertz CT molecular complexity index is 1600. The highest BCUT2D eigenvalue weighted by atomic mass is 32.2. The number of nitrogens with zero attached hydrogens (tertiary/aromatic N) is 6. The van der Waals surface area contributed by atoms with Crippen molar-refractivity contribution in [2.24, 2.45) is 9.81 Å². The fraction of sp³-hybridized carbons (Fsp3) is 0.452. The number of H-pyrrole nitrogens is 1. The Morgan fingerprint density at radius 3 is 2.75 bits per heavy atom. The Morgan fingerprint density at radius 1 is 1.10 bits per heavy atom. The van der Waals surface area contributed by atoms with Crippen LogP contribution >= 0.6 is 0 Å². The van der Waals surface area contributed by atoms with E-state index < -0.39 is 11.4 Å². The minimum absolute atomic E-state index is 0.0600. The van der Waals surface area contributed by atoms with Crippen LogP contribution in [0.5, 0.6) is 0 Å². The Kier molecular flexibility index (Phi) is 6.20. The quantitative estimate of drug-likeness (QED) is 0.313. The lowest BCUT2D eigenvalue weighted by molar-refractivity contribution is 0.264. The third kappa shape index (κ3) is 4.30. The fourth-order valence-electron chi connectivity index (χ4n) is 6.69. The van der Waals surface area contributed by atoms with E-state index in [9.17, 15) is 4.55 Å². The molecule has 1 atom stereocenters. The van der Waals surface area contributed by atoms with E-state index in [1.807, 2.05) is 39.2 Å². The number of nitrogens with one attached hydrogen (secondary N) is 1. The van der Waals surface area contributed by atoms with Crippen LogP contribution < -0.4 is 4.90 Å². The monoisotopic (exact) mass is 553 g/mol. The van der Waals surface area contributed by atoms with Crippen molar-refractivity contribution in [3.8, 4) is 0 Å². The number of pyridine rings is 1. The van der Waals surface area contributed by atoms with Crippen molar-refractivity contribution >= 4 is 39.7 Å². The summed E-state index contributed by atoms with van der Waals surface area (Å²) in [6.45, 7) is 6.87. The first-order valence-electron chi connectivity index (χ1n) is 14.3. The van der Waals surface area contributed by atoms with Gasteiger partial charge in [-0.15, -0.1) is 0 Å². The van der Waals surface area contributed by atoms with Gasteiger partial charge >= 0.3 is 0 Å². The molecule has 3 aromatic heterocycles. The van der Waals surface area contributed by atoms with Gasteiger partial charge in [-0.2, -0.15) is 5.10 Å². The molecule has 0 bridgehead atoms. The first kappa shape index (κ1) is 25.7. The molecule has 206 valence electrons. The molecule has 4 heterocycles. The molecule has 0 unspecified atom stereocenters. The van der Waals surface area contributed by atoms with Crippen LogP contribution in [0.3, 0.4) is 0 Å². The van der Waals surface area contributed by atoms with E-state index >= 15 is 0 Å². The number of benzene rings is 1. The number of aromatic nitrogens is 5. The summed E-state index contributed by atoms with van der Waals surface area (Å²) in [7, 11) is 0. The fourth-order valence-corrected chi connectivity index (χ4v) is 7.42. The number of hydrogen-bond donors (Lipinski definition) is 1. The number of aryl methyl sites for hydroxylation is 1. The van der Waals surface area contributed by atoms with Crippen molar-refractivity contribution in [1.29, 1.82) is 0 Å². The molecule has 1 spiro atoms. The Morgan fingerprint density at radius 2 is 1.93 bits per heavy atom. The molecule has 1 N–H and O–H groups in total. The third-order valence-corrected chi connectivity index (χ3v) is 10.2. The van der Waals surface area contributed by atoms with Crippen molar-refractivity contribution in [1.82, 2.24) is 25.1 Å². The topological polar surface area (TPSA) is 106 Å². The van der Waals surface area contributed by atoms with E-state index in [1.165, 1.54) is 11.1 Å². The van der Waals surface area contributed by atoms with Gasteiger partial charge in [0.05, 0.1) is 17.1 Å². The van der Waals surface area contributed by atoms with Crippen LogP contribution in [0, 0.1) is 5.41 Å². The molecule has 1 saturated carbocycles. The van der Waals surface area contributed by atoms with Crippen molar-refractivity contribution in [2.45, 2.75) is 76.4 Å². The van der Waals surface area contributed by atoms with E-state index in [0.29, 0.717) is 5.92 Å². The average Bonchev–Trinajstić information content (AvgIpc) is 3.51. The summed E-state index contributed by atoms with van der Waals surface area (Å²) >= 11 is -1.29. The lowest BCUT2D eigenvalue weighted by atomic mass is 9.67. The van der Waals surface area contributed by atoms with Crippen LogP contribution in [-0.2, 0) is 24.2 Å². The van der Waals surface area contributed by atoms with Crippen LogP contribution in [0.4, 0.5) is 11.5 Å². The molecule has 1 aromatic carbocycles. The zero-order valence-corrected chi connectivity index (χ0v) is 24.2. The molecule has 4 aromatic rings. The highest BCUT2D eigenvalue weighted by Crippen LogP contribution is 2.51. The summed E-state index contributed by atoms with van der Waals surface area (Å²) < 4.78 is 17.7. The molecule has 0 radical (unpaired) electrons. The molecule has 0 amide bonds. The van der Waals surface area contributed by atoms with Gasteiger partial charge in [0.2, 0.25) is 0 Å². The van der Waals surface area contributed by atoms with Crippen LogP contribution in [-0.4, -0.2) is 46.7 Å². The average molecular weight is 554 g/mol. The number of aromatic amines is 1. The molecule has 3 aliphatic rings. The van der Waals surface area contributed by atoms with E-state index in [4.69, 9.17) is 14.4 Å². The minimum Gasteiger partial charge on any atom is -0.591 e. The van der Waals surface area contributed by atoms with Gasteiger partial charge in [-0.25, -0.2) is 9.97 Å². The van der Waals surface area contributed by atoms with Gasteiger partial charge < -0.3 is 9.45 Å². The number of fused-ring (bicyclic) bond motifs is 3. The molecule has 40 heavy (non-hydrogen) atoms. The van der Waals surface area contributed by atoms with E-state index in [2.05, 4.69) is 50.4 Å². The number of rotatable bonds is 3. The SMILES string of the molecule is CC(C)(C)[S@@+]([O-])/N=C1\c2ccccc2C[C@]12CC[C@@H](c1cnc3c(N4CCCc5ncccc54)n[nH]c3n1)CC2. The van der Waals surface area contributed by atoms with Gasteiger partial charge in [0.25, 0.3) is 0 Å². The summed E-state index contributed by atoms with van der Waals surface area (Å²) in [5.41, 5.74) is 8.26. The second-order valence-corrected chi connectivity index (χ2v) is 14.4.